The van der Waals surface area contributed by atoms with Gasteiger partial charge < -0.3 is 9.47 Å². The molecule has 106 valence electrons. The number of rotatable bonds is 1. The van der Waals surface area contributed by atoms with Crippen LogP contribution in [0.1, 0.15) is 22.3 Å². The van der Waals surface area contributed by atoms with Gasteiger partial charge in [0.05, 0.1) is 6.54 Å². The van der Waals surface area contributed by atoms with Crippen molar-refractivity contribution in [3.05, 3.63) is 23.8 Å². The molecule has 11 heteroatoms. The summed E-state index contributed by atoms with van der Waals surface area (Å²) >= 11 is 0. The van der Waals surface area contributed by atoms with Gasteiger partial charge in [0.2, 0.25) is 11.6 Å². The summed E-state index contributed by atoms with van der Waals surface area (Å²) in [6.07, 6.45) is -3.37. The second-order valence-corrected chi connectivity index (χ2v) is 4.15. The third-order valence-corrected chi connectivity index (χ3v) is 2.91. The van der Waals surface area contributed by atoms with Crippen LogP contribution in [-0.2, 0) is 19.3 Å². The average Bonchev–Trinajstić information content (AvgIpc) is 3.05. The maximum Gasteiger partial charge on any atom is 0.451 e. The zero-order valence-electron chi connectivity index (χ0n) is 9.92. The molecule has 2 aromatic rings. The number of alkyl halides is 3. The maximum absolute atomic E-state index is 12.7. The van der Waals surface area contributed by atoms with Crippen LogP contribution in [0.3, 0.4) is 0 Å². The molecule has 0 atom stereocenters. The molecule has 1 aliphatic heterocycles. The zero-order chi connectivity index (χ0) is 14.3. The highest BCUT2D eigenvalue weighted by Crippen LogP contribution is 2.29. The van der Waals surface area contributed by atoms with Gasteiger partial charge in [-0.15, -0.1) is 10.2 Å². The van der Waals surface area contributed by atoms with Gasteiger partial charge in [0, 0.05) is 13.1 Å². The van der Waals surface area contributed by atoms with Crippen LogP contribution >= 0.6 is 0 Å². The van der Waals surface area contributed by atoms with Crippen LogP contribution in [0.4, 0.5) is 13.2 Å². The highest BCUT2D eigenvalue weighted by atomic mass is 19.4. The number of H-pyrrole nitrogens is 1. The van der Waals surface area contributed by atoms with E-state index in [0.29, 0.717) is 0 Å². The Kier molecular flexibility index (Phi) is 2.69. The van der Waals surface area contributed by atoms with Crippen LogP contribution < -0.4 is 0 Å². The van der Waals surface area contributed by atoms with Crippen molar-refractivity contribution in [3.63, 3.8) is 0 Å². The quantitative estimate of drug-likeness (QED) is 0.801. The first-order valence-electron chi connectivity index (χ1n) is 5.60. The van der Waals surface area contributed by atoms with Gasteiger partial charge >= 0.3 is 6.18 Å². The molecule has 20 heavy (non-hydrogen) atoms. The van der Waals surface area contributed by atoms with E-state index in [1.807, 2.05) is 0 Å². The van der Waals surface area contributed by atoms with E-state index in [1.165, 1.54) is 11.2 Å². The molecule has 0 saturated heterocycles. The minimum Gasteiger partial charge on any atom is -0.327 e. The fraction of sp³-hybridized carbons (Fsp3) is 0.444. The SMILES string of the molecule is O=C(c1ncn[nH]1)N1CCn2c(nnc2C(F)(F)F)C1. The first kappa shape index (κ1) is 12.6. The molecule has 8 nitrogen and oxygen atoms in total. The van der Waals surface area contributed by atoms with Gasteiger partial charge in [-0.25, -0.2) is 4.98 Å². The Bertz CT molecular complexity index is 633. The summed E-state index contributed by atoms with van der Waals surface area (Å²) in [5.74, 6) is -1.35. The molecule has 0 saturated carbocycles. The largest absolute Gasteiger partial charge is 0.451 e. The number of nitrogens with one attached hydrogen (secondary N) is 1. The topological polar surface area (TPSA) is 92.6 Å². The third-order valence-electron chi connectivity index (χ3n) is 2.91. The van der Waals surface area contributed by atoms with Crippen molar-refractivity contribution in [3.8, 4) is 0 Å². The van der Waals surface area contributed by atoms with E-state index in [4.69, 9.17) is 0 Å². The van der Waals surface area contributed by atoms with E-state index < -0.39 is 17.9 Å². The summed E-state index contributed by atoms with van der Waals surface area (Å²) in [6.45, 7) is 0.0489. The molecule has 0 radical (unpaired) electrons. The highest BCUT2D eigenvalue weighted by Gasteiger charge is 2.40. The lowest BCUT2D eigenvalue weighted by atomic mass is 10.3. The van der Waals surface area contributed by atoms with Gasteiger partial charge in [0.1, 0.15) is 6.33 Å². The lowest BCUT2D eigenvalue weighted by Crippen LogP contribution is -2.39. The molecule has 0 aliphatic carbocycles. The number of aromatic amines is 1. The van der Waals surface area contributed by atoms with E-state index in [2.05, 4.69) is 25.4 Å². The lowest BCUT2D eigenvalue weighted by Gasteiger charge is -2.27. The Morgan fingerprint density at radius 1 is 1.30 bits per heavy atom. The maximum atomic E-state index is 12.7. The number of fused-ring (bicyclic) bond motifs is 1. The number of halogens is 3. The van der Waals surface area contributed by atoms with Crippen molar-refractivity contribution >= 4 is 5.91 Å². The molecule has 0 spiro atoms. The molecule has 2 aromatic heterocycles. The van der Waals surface area contributed by atoms with Crippen LogP contribution in [0, 0.1) is 0 Å². The molecule has 1 aliphatic rings. The van der Waals surface area contributed by atoms with Crippen molar-refractivity contribution in [1.29, 1.82) is 0 Å². The molecule has 3 rings (SSSR count). The van der Waals surface area contributed by atoms with E-state index in [1.54, 1.807) is 0 Å². The van der Waals surface area contributed by atoms with Crippen LogP contribution in [0.15, 0.2) is 6.33 Å². The summed E-state index contributed by atoms with van der Waals surface area (Å²) < 4.78 is 39.0. The summed E-state index contributed by atoms with van der Waals surface area (Å²) in [5, 5.41) is 12.6. The number of carbonyl (C=O) groups excluding carboxylic acids is 1. The molecule has 0 fully saturated rings. The van der Waals surface area contributed by atoms with Crippen molar-refractivity contribution in [2.45, 2.75) is 19.3 Å². The predicted molar refractivity (Wildman–Crippen MR) is 56.1 cm³/mol. The Hall–Kier alpha value is -2.46. The monoisotopic (exact) mass is 287 g/mol. The molecular formula is C9H8F3N7O. The Labute approximate surface area is 109 Å². The van der Waals surface area contributed by atoms with Gasteiger partial charge in [-0.1, -0.05) is 0 Å². The number of amides is 1. The zero-order valence-corrected chi connectivity index (χ0v) is 9.92. The van der Waals surface area contributed by atoms with E-state index >= 15 is 0 Å². The van der Waals surface area contributed by atoms with E-state index in [9.17, 15) is 18.0 Å². The fourth-order valence-corrected chi connectivity index (χ4v) is 2.00. The van der Waals surface area contributed by atoms with Crippen LogP contribution in [0.25, 0.3) is 0 Å². The first-order valence-corrected chi connectivity index (χ1v) is 5.60. The number of nitrogens with zero attached hydrogens (tertiary/aromatic N) is 6. The summed E-state index contributed by atoms with van der Waals surface area (Å²) in [6, 6.07) is 0. The molecule has 3 heterocycles. The van der Waals surface area contributed by atoms with Crippen molar-refractivity contribution in [1.82, 2.24) is 34.8 Å². The van der Waals surface area contributed by atoms with Crippen LogP contribution in [0.2, 0.25) is 0 Å². The van der Waals surface area contributed by atoms with Gasteiger partial charge in [0.15, 0.2) is 5.82 Å². The number of aromatic nitrogens is 6. The van der Waals surface area contributed by atoms with Crippen molar-refractivity contribution in [2.24, 2.45) is 0 Å². The van der Waals surface area contributed by atoms with Gasteiger partial charge in [-0.05, 0) is 0 Å². The first-order chi connectivity index (χ1) is 9.47. The van der Waals surface area contributed by atoms with Gasteiger partial charge in [0.25, 0.3) is 5.91 Å². The minimum atomic E-state index is -4.55. The Morgan fingerprint density at radius 3 is 2.75 bits per heavy atom. The number of carbonyl (C=O) groups is 1. The van der Waals surface area contributed by atoms with Gasteiger partial charge in [-0.2, -0.15) is 18.3 Å². The normalized spacial score (nSPS) is 15.2. The molecule has 0 unspecified atom stereocenters. The lowest BCUT2D eigenvalue weighted by molar-refractivity contribution is -0.147. The summed E-state index contributed by atoms with van der Waals surface area (Å²) in [5.41, 5.74) is 0. The number of hydrogen-bond acceptors (Lipinski definition) is 5. The molecule has 0 aromatic carbocycles. The minimum absolute atomic E-state index is 0.0168. The molecule has 1 N–H and O–H groups in total. The fourth-order valence-electron chi connectivity index (χ4n) is 2.00. The summed E-state index contributed by atoms with van der Waals surface area (Å²) in [7, 11) is 0. The number of hydrogen-bond donors (Lipinski definition) is 1. The predicted octanol–water partition coefficient (Wildman–Crippen LogP) is 0.0710. The Balaban J connectivity index is 1.83. The highest BCUT2D eigenvalue weighted by molar-refractivity contribution is 5.90. The van der Waals surface area contributed by atoms with E-state index in [0.717, 1.165) is 4.57 Å². The van der Waals surface area contributed by atoms with E-state index in [-0.39, 0.29) is 31.3 Å². The average molecular weight is 287 g/mol. The second kappa shape index (κ2) is 4.28. The third kappa shape index (κ3) is 2.00. The molecule has 1 amide bonds. The van der Waals surface area contributed by atoms with Crippen LogP contribution in [-0.4, -0.2) is 47.3 Å². The van der Waals surface area contributed by atoms with Crippen LogP contribution in [0.5, 0.6) is 0 Å². The smallest absolute Gasteiger partial charge is 0.327 e. The molecule has 0 bridgehead atoms. The van der Waals surface area contributed by atoms with Crippen molar-refractivity contribution < 1.29 is 18.0 Å². The second-order valence-electron chi connectivity index (χ2n) is 4.15. The Morgan fingerprint density at radius 2 is 2.10 bits per heavy atom. The molecular weight excluding hydrogens is 279 g/mol. The van der Waals surface area contributed by atoms with Crippen molar-refractivity contribution in [2.75, 3.05) is 6.54 Å². The van der Waals surface area contributed by atoms with Gasteiger partial charge in [-0.3, -0.25) is 9.89 Å². The standard InChI is InChI=1S/C9H8F3N7O/c10-9(11,12)8-17-15-5-3-18(1-2-19(5)8)7(20)6-13-4-14-16-6/h4H,1-3H2,(H,13,14,16). The summed E-state index contributed by atoms with van der Waals surface area (Å²) in [4.78, 5) is 17.0.